The van der Waals surface area contributed by atoms with Gasteiger partial charge in [-0.3, -0.25) is 10.1 Å². The van der Waals surface area contributed by atoms with Crippen LogP contribution in [-0.4, -0.2) is 29.0 Å². The number of pyridine rings is 1. The average Bonchev–Trinajstić information content (AvgIpc) is 2.41. The fourth-order valence-electron chi connectivity index (χ4n) is 2.69. The third-order valence-electron chi connectivity index (χ3n) is 3.94. The molecule has 0 radical (unpaired) electrons. The lowest BCUT2D eigenvalue weighted by Gasteiger charge is -2.39. The Morgan fingerprint density at radius 2 is 2.35 bits per heavy atom. The highest BCUT2D eigenvalue weighted by atomic mass is 79.9. The van der Waals surface area contributed by atoms with E-state index in [1.807, 2.05) is 0 Å². The molecule has 1 fully saturated rings. The number of anilines is 1. The van der Waals surface area contributed by atoms with Crippen molar-refractivity contribution in [1.29, 1.82) is 0 Å². The molecule has 0 saturated carbocycles. The van der Waals surface area contributed by atoms with Crippen molar-refractivity contribution in [2.75, 3.05) is 18.0 Å². The quantitative estimate of drug-likeness (QED) is 0.674. The maximum absolute atomic E-state index is 10.9. The number of hydrogen-bond acceptors (Lipinski definition) is 5. The van der Waals surface area contributed by atoms with Crippen LogP contribution in [0.2, 0.25) is 0 Å². The molecule has 20 heavy (non-hydrogen) atoms. The first-order valence-corrected chi connectivity index (χ1v) is 7.51. The van der Waals surface area contributed by atoms with Gasteiger partial charge in [-0.1, -0.05) is 6.92 Å². The summed E-state index contributed by atoms with van der Waals surface area (Å²) in [7, 11) is 0. The summed E-state index contributed by atoms with van der Waals surface area (Å²) in [6.45, 7) is 5.40. The minimum atomic E-state index is -0.407. The molecule has 7 heteroatoms. The molecular formula is C13H19BrN4O2. The Morgan fingerprint density at radius 3 is 2.95 bits per heavy atom. The number of nitrogens with two attached hydrogens (primary N) is 1. The standard InChI is InChI=1S/C13H19BrN4O2/c1-8-3-4-17(10(5-8)6-15)13-12(14)9(2)11(7-16-13)18(19)20/h7-8,10H,3-6,15H2,1-2H3. The summed E-state index contributed by atoms with van der Waals surface area (Å²) in [4.78, 5) is 17.0. The Morgan fingerprint density at radius 1 is 1.65 bits per heavy atom. The normalized spacial score (nSPS) is 22.9. The zero-order valence-corrected chi connectivity index (χ0v) is 13.3. The Kier molecular flexibility index (Phi) is 4.59. The smallest absolute Gasteiger partial charge is 0.291 e. The SMILES string of the molecule is Cc1c([N+](=O)[O-])cnc(N2CCC(C)CC2CN)c1Br. The third-order valence-corrected chi connectivity index (χ3v) is 4.89. The number of halogens is 1. The van der Waals surface area contributed by atoms with Gasteiger partial charge >= 0.3 is 0 Å². The number of hydrogen-bond donors (Lipinski definition) is 1. The van der Waals surface area contributed by atoms with E-state index in [1.165, 1.54) is 6.20 Å². The van der Waals surface area contributed by atoms with Crippen LogP contribution >= 0.6 is 15.9 Å². The minimum Gasteiger partial charge on any atom is -0.351 e. The Labute approximate surface area is 126 Å². The first-order valence-electron chi connectivity index (χ1n) is 6.71. The number of piperidine rings is 1. The molecule has 1 aromatic heterocycles. The van der Waals surface area contributed by atoms with E-state index in [0.29, 0.717) is 22.5 Å². The molecule has 2 unspecified atom stereocenters. The van der Waals surface area contributed by atoms with Gasteiger partial charge in [0.2, 0.25) is 0 Å². The lowest BCUT2D eigenvalue weighted by molar-refractivity contribution is -0.385. The number of nitrogens with zero attached hydrogens (tertiary/aromatic N) is 3. The van der Waals surface area contributed by atoms with E-state index in [0.717, 1.165) is 25.2 Å². The number of aromatic nitrogens is 1. The summed E-state index contributed by atoms with van der Waals surface area (Å²) in [5.41, 5.74) is 6.51. The van der Waals surface area contributed by atoms with Crippen molar-refractivity contribution in [1.82, 2.24) is 4.98 Å². The molecule has 2 N–H and O–H groups in total. The number of rotatable bonds is 3. The van der Waals surface area contributed by atoms with Crippen molar-refractivity contribution in [2.24, 2.45) is 11.7 Å². The fourth-order valence-corrected chi connectivity index (χ4v) is 3.23. The van der Waals surface area contributed by atoms with Crippen LogP contribution in [0, 0.1) is 23.0 Å². The van der Waals surface area contributed by atoms with E-state index < -0.39 is 4.92 Å². The highest BCUT2D eigenvalue weighted by Crippen LogP contribution is 2.36. The molecule has 0 aromatic carbocycles. The summed E-state index contributed by atoms with van der Waals surface area (Å²) >= 11 is 3.46. The molecule has 1 saturated heterocycles. The highest BCUT2D eigenvalue weighted by molar-refractivity contribution is 9.10. The second-order valence-corrected chi connectivity index (χ2v) is 6.17. The summed E-state index contributed by atoms with van der Waals surface area (Å²) in [6.07, 6.45) is 3.45. The Bertz CT molecular complexity index is 523. The molecule has 2 atom stereocenters. The molecule has 2 rings (SSSR count). The van der Waals surface area contributed by atoms with Gasteiger partial charge in [0.25, 0.3) is 5.69 Å². The van der Waals surface area contributed by atoms with Crippen LogP contribution in [-0.2, 0) is 0 Å². The Balaban J connectivity index is 2.37. The van der Waals surface area contributed by atoms with Gasteiger partial charge in [0.15, 0.2) is 0 Å². The topological polar surface area (TPSA) is 85.3 Å². The predicted molar refractivity (Wildman–Crippen MR) is 81.9 cm³/mol. The molecule has 0 spiro atoms. The fraction of sp³-hybridized carbons (Fsp3) is 0.615. The molecule has 6 nitrogen and oxygen atoms in total. The molecule has 0 aliphatic carbocycles. The molecular weight excluding hydrogens is 324 g/mol. The van der Waals surface area contributed by atoms with Crippen LogP contribution in [0.15, 0.2) is 10.7 Å². The minimum absolute atomic E-state index is 0.0373. The maximum Gasteiger partial charge on any atom is 0.291 e. The largest absolute Gasteiger partial charge is 0.351 e. The van der Waals surface area contributed by atoms with Crippen molar-refractivity contribution in [3.8, 4) is 0 Å². The van der Waals surface area contributed by atoms with Crippen LogP contribution in [0.25, 0.3) is 0 Å². The van der Waals surface area contributed by atoms with Crippen LogP contribution in [0.3, 0.4) is 0 Å². The predicted octanol–water partition coefficient (Wildman–Crippen LogP) is 2.62. The zero-order valence-electron chi connectivity index (χ0n) is 11.7. The first-order chi connectivity index (χ1) is 9.45. The van der Waals surface area contributed by atoms with Crippen molar-refractivity contribution in [3.05, 3.63) is 26.3 Å². The molecule has 1 aliphatic rings. The van der Waals surface area contributed by atoms with E-state index >= 15 is 0 Å². The summed E-state index contributed by atoms with van der Waals surface area (Å²) < 4.78 is 0.694. The lowest BCUT2D eigenvalue weighted by Crippen LogP contribution is -2.47. The van der Waals surface area contributed by atoms with E-state index in [4.69, 9.17) is 5.73 Å². The lowest BCUT2D eigenvalue weighted by atomic mass is 9.92. The maximum atomic E-state index is 10.9. The van der Waals surface area contributed by atoms with E-state index in [2.05, 4.69) is 32.7 Å². The molecule has 0 amide bonds. The second kappa shape index (κ2) is 6.05. The van der Waals surface area contributed by atoms with E-state index in [1.54, 1.807) is 6.92 Å². The van der Waals surface area contributed by atoms with Crippen LogP contribution in [0.4, 0.5) is 11.5 Å². The first kappa shape index (κ1) is 15.2. The van der Waals surface area contributed by atoms with Crippen LogP contribution in [0.5, 0.6) is 0 Å². The number of nitro groups is 1. The molecule has 110 valence electrons. The molecule has 2 heterocycles. The van der Waals surface area contributed by atoms with Gasteiger partial charge in [-0.05, 0) is 41.6 Å². The summed E-state index contributed by atoms with van der Waals surface area (Å²) in [5.74, 6) is 1.41. The Hall–Kier alpha value is -1.21. The van der Waals surface area contributed by atoms with Gasteiger partial charge < -0.3 is 10.6 Å². The van der Waals surface area contributed by atoms with Gasteiger partial charge in [-0.15, -0.1) is 0 Å². The van der Waals surface area contributed by atoms with E-state index in [-0.39, 0.29) is 11.7 Å². The van der Waals surface area contributed by atoms with Crippen molar-refractivity contribution >= 4 is 27.4 Å². The van der Waals surface area contributed by atoms with Gasteiger partial charge in [0.05, 0.1) is 9.40 Å². The summed E-state index contributed by atoms with van der Waals surface area (Å²) in [6, 6.07) is 0.239. The third kappa shape index (κ3) is 2.78. The van der Waals surface area contributed by atoms with Crippen molar-refractivity contribution in [3.63, 3.8) is 0 Å². The van der Waals surface area contributed by atoms with Gasteiger partial charge in [-0.25, -0.2) is 4.98 Å². The molecule has 0 bridgehead atoms. The van der Waals surface area contributed by atoms with E-state index in [9.17, 15) is 10.1 Å². The van der Waals surface area contributed by atoms with Gasteiger partial charge in [-0.2, -0.15) is 0 Å². The molecule has 1 aliphatic heterocycles. The highest BCUT2D eigenvalue weighted by Gasteiger charge is 2.29. The van der Waals surface area contributed by atoms with Crippen molar-refractivity contribution < 1.29 is 4.92 Å². The summed E-state index contributed by atoms with van der Waals surface area (Å²) in [5, 5.41) is 10.9. The van der Waals surface area contributed by atoms with Crippen LogP contribution < -0.4 is 10.6 Å². The second-order valence-electron chi connectivity index (χ2n) is 5.38. The monoisotopic (exact) mass is 342 g/mol. The van der Waals surface area contributed by atoms with Crippen LogP contribution in [0.1, 0.15) is 25.3 Å². The van der Waals surface area contributed by atoms with Gasteiger partial charge in [0.1, 0.15) is 12.0 Å². The molecule has 1 aromatic rings. The average molecular weight is 343 g/mol. The van der Waals surface area contributed by atoms with Crippen molar-refractivity contribution in [2.45, 2.75) is 32.7 Å². The van der Waals surface area contributed by atoms with Gasteiger partial charge in [0, 0.05) is 24.7 Å². The zero-order chi connectivity index (χ0) is 14.9.